The highest BCUT2D eigenvalue weighted by Gasteiger charge is 2.43. The average molecular weight is 202 g/mol. The molecule has 2 heteroatoms. The molecule has 0 spiro atoms. The zero-order valence-corrected chi connectivity index (χ0v) is 8.50. The molecule has 3 aliphatic rings. The fraction of sp³-hybridized carbons (Fsp3) is 0.462. The van der Waals surface area contributed by atoms with E-state index in [0.29, 0.717) is 11.8 Å². The summed E-state index contributed by atoms with van der Waals surface area (Å²) in [5.41, 5.74) is 0. The van der Waals surface area contributed by atoms with Crippen LogP contribution in [0, 0.1) is 17.8 Å². The molecule has 1 aliphatic heterocycles. The van der Waals surface area contributed by atoms with Gasteiger partial charge in [-0.3, -0.25) is 4.79 Å². The van der Waals surface area contributed by atoms with Crippen LogP contribution >= 0.6 is 0 Å². The molecule has 0 aromatic rings. The van der Waals surface area contributed by atoms with Crippen molar-refractivity contribution in [3.05, 3.63) is 36.5 Å². The van der Waals surface area contributed by atoms with E-state index < -0.39 is 0 Å². The lowest BCUT2D eigenvalue weighted by molar-refractivity contribution is -0.163. The van der Waals surface area contributed by atoms with Crippen molar-refractivity contribution in [2.75, 3.05) is 0 Å². The topological polar surface area (TPSA) is 26.3 Å². The Balaban J connectivity index is 1.94. The van der Waals surface area contributed by atoms with Crippen LogP contribution in [0.1, 0.15) is 12.8 Å². The largest absolute Gasteiger partial charge is 0.457 e. The van der Waals surface area contributed by atoms with Crippen molar-refractivity contribution in [2.24, 2.45) is 17.8 Å². The van der Waals surface area contributed by atoms with Crippen LogP contribution in [0.15, 0.2) is 36.5 Å². The number of carbonyl (C=O) groups is 1. The predicted octanol–water partition coefficient (Wildman–Crippen LogP) is 2.24. The Morgan fingerprint density at radius 2 is 2.07 bits per heavy atom. The van der Waals surface area contributed by atoms with E-state index in [1.165, 1.54) is 0 Å². The second-order valence-corrected chi connectivity index (χ2v) is 4.44. The van der Waals surface area contributed by atoms with E-state index >= 15 is 0 Å². The molecule has 0 amide bonds. The van der Waals surface area contributed by atoms with E-state index in [4.69, 9.17) is 4.74 Å². The minimum absolute atomic E-state index is 0.0173. The molecule has 2 unspecified atom stereocenters. The standard InChI is InChI=1S/C13H14O2/c14-13-11-7-2-1-5-9(11)10-6-3-4-8-12(10)15-13/h1-2,4-5,7-12H,3,6H2/t9?,10-,11?,12-/m0/s1. The molecule has 0 radical (unpaired) electrons. The Bertz CT molecular complexity index is 365. The summed E-state index contributed by atoms with van der Waals surface area (Å²) < 4.78 is 5.45. The number of ether oxygens (including phenoxy) is 1. The van der Waals surface area contributed by atoms with Crippen molar-refractivity contribution in [3.8, 4) is 0 Å². The summed E-state index contributed by atoms with van der Waals surface area (Å²) in [5, 5.41) is 0. The first-order valence-corrected chi connectivity index (χ1v) is 5.58. The minimum atomic E-state index is -0.0617. The lowest BCUT2D eigenvalue weighted by Gasteiger charge is -2.41. The first-order chi connectivity index (χ1) is 7.36. The lowest BCUT2D eigenvalue weighted by Crippen LogP contribution is -2.44. The van der Waals surface area contributed by atoms with Crippen molar-refractivity contribution in [3.63, 3.8) is 0 Å². The molecule has 0 bridgehead atoms. The molecule has 1 fully saturated rings. The third-order valence-corrected chi connectivity index (χ3v) is 3.61. The van der Waals surface area contributed by atoms with Crippen molar-refractivity contribution < 1.29 is 9.53 Å². The van der Waals surface area contributed by atoms with E-state index in [0.717, 1.165) is 12.8 Å². The van der Waals surface area contributed by atoms with Gasteiger partial charge in [0.1, 0.15) is 6.10 Å². The quantitative estimate of drug-likeness (QED) is 0.445. The molecule has 0 saturated carbocycles. The molecule has 2 aliphatic carbocycles. The van der Waals surface area contributed by atoms with Crippen molar-refractivity contribution in [1.82, 2.24) is 0 Å². The summed E-state index contributed by atoms with van der Waals surface area (Å²) in [4.78, 5) is 11.7. The highest BCUT2D eigenvalue weighted by molar-refractivity contribution is 5.77. The van der Waals surface area contributed by atoms with Gasteiger partial charge in [0.25, 0.3) is 0 Å². The number of esters is 1. The van der Waals surface area contributed by atoms with Gasteiger partial charge in [0.15, 0.2) is 0 Å². The first-order valence-electron chi connectivity index (χ1n) is 5.58. The van der Waals surface area contributed by atoms with Crippen molar-refractivity contribution >= 4 is 5.97 Å². The Labute approximate surface area is 89.3 Å². The molecule has 2 nitrogen and oxygen atoms in total. The van der Waals surface area contributed by atoms with Crippen LogP contribution < -0.4 is 0 Å². The Kier molecular flexibility index (Phi) is 2.01. The molecule has 0 aromatic heterocycles. The van der Waals surface area contributed by atoms with Gasteiger partial charge in [-0.1, -0.05) is 30.4 Å². The minimum Gasteiger partial charge on any atom is -0.457 e. The SMILES string of the molecule is O=C1O[C@H]2C=CCC[C@H]2C2C=CC=CC12. The van der Waals surface area contributed by atoms with Gasteiger partial charge in [-0.2, -0.15) is 0 Å². The second-order valence-electron chi connectivity index (χ2n) is 4.44. The van der Waals surface area contributed by atoms with Crippen LogP contribution in [0.4, 0.5) is 0 Å². The van der Waals surface area contributed by atoms with Gasteiger partial charge in [0.05, 0.1) is 5.92 Å². The second kappa shape index (κ2) is 3.37. The maximum Gasteiger partial charge on any atom is 0.314 e. The van der Waals surface area contributed by atoms with Gasteiger partial charge in [0.2, 0.25) is 0 Å². The predicted molar refractivity (Wildman–Crippen MR) is 57.0 cm³/mol. The third kappa shape index (κ3) is 1.36. The molecular weight excluding hydrogens is 188 g/mol. The molecule has 78 valence electrons. The average Bonchev–Trinajstić information content (AvgIpc) is 2.30. The molecule has 15 heavy (non-hydrogen) atoms. The summed E-state index contributed by atoms with van der Waals surface area (Å²) in [7, 11) is 0. The van der Waals surface area contributed by atoms with Crippen molar-refractivity contribution in [1.29, 1.82) is 0 Å². The molecule has 3 rings (SSSR count). The van der Waals surface area contributed by atoms with Crippen LogP contribution in [0.5, 0.6) is 0 Å². The van der Waals surface area contributed by atoms with Crippen LogP contribution in [0.25, 0.3) is 0 Å². The fourth-order valence-corrected chi connectivity index (χ4v) is 2.85. The lowest BCUT2D eigenvalue weighted by atomic mass is 9.71. The maximum atomic E-state index is 11.7. The van der Waals surface area contributed by atoms with Gasteiger partial charge >= 0.3 is 5.97 Å². The summed E-state index contributed by atoms with van der Waals surface area (Å²) in [6.07, 6.45) is 14.6. The van der Waals surface area contributed by atoms with E-state index in [9.17, 15) is 4.79 Å². The van der Waals surface area contributed by atoms with Crippen LogP contribution in [0.3, 0.4) is 0 Å². The zero-order chi connectivity index (χ0) is 10.3. The van der Waals surface area contributed by atoms with Gasteiger partial charge in [-0.25, -0.2) is 0 Å². The summed E-state index contributed by atoms with van der Waals surface area (Å²) in [5.74, 6) is 0.737. The van der Waals surface area contributed by atoms with Gasteiger partial charge in [-0.15, -0.1) is 0 Å². The highest BCUT2D eigenvalue weighted by atomic mass is 16.5. The fourth-order valence-electron chi connectivity index (χ4n) is 2.85. The van der Waals surface area contributed by atoms with E-state index in [-0.39, 0.29) is 18.0 Å². The normalized spacial score (nSPS) is 42.0. The molecular formula is C13H14O2. The van der Waals surface area contributed by atoms with Gasteiger partial charge in [0, 0.05) is 11.8 Å². The van der Waals surface area contributed by atoms with Gasteiger partial charge < -0.3 is 4.74 Å². The van der Waals surface area contributed by atoms with E-state index in [2.05, 4.69) is 24.3 Å². The molecule has 0 aromatic carbocycles. The number of hydrogen-bond donors (Lipinski definition) is 0. The van der Waals surface area contributed by atoms with Crippen molar-refractivity contribution in [2.45, 2.75) is 18.9 Å². The number of fused-ring (bicyclic) bond motifs is 3. The Morgan fingerprint density at radius 3 is 3.00 bits per heavy atom. The first kappa shape index (κ1) is 8.96. The number of rotatable bonds is 0. The highest BCUT2D eigenvalue weighted by Crippen LogP contribution is 2.40. The monoisotopic (exact) mass is 202 g/mol. The number of carbonyl (C=O) groups excluding carboxylic acids is 1. The zero-order valence-electron chi connectivity index (χ0n) is 8.50. The molecule has 1 heterocycles. The van der Waals surface area contributed by atoms with Crippen LogP contribution in [-0.2, 0) is 9.53 Å². The molecule has 1 saturated heterocycles. The summed E-state index contributed by atoms with van der Waals surface area (Å²) in [6, 6.07) is 0. The third-order valence-electron chi connectivity index (χ3n) is 3.61. The van der Waals surface area contributed by atoms with E-state index in [1.807, 2.05) is 12.2 Å². The van der Waals surface area contributed by atoms with Gasteiger partial charge in [-0.05, 0) is 18.9 Å². The van der Waals surface area contributed by atoms with Crippen LogP contribution in [0.2, 0.25) is 0 Å². The summed E-state index contributed by atoms with van der Waals surface area (Å²) in [6.45, 7) is 0. The maximum absolute atomic E-state index is 11.7. The Hall–Kier alpha value is -1.31. The molecule has 4 atom stereocenters. The summed E-state index contributed by atoms with van der Waals surface area (Å²) >= 11 is 0. The number of allylic oxidation sites excluding steroid dienone is 4. The Morgan fingerprint density at radius 1 is 1.20 bits per heavy atom. The van der Waals surface area contributed by atoms with E-state index in [1.54, 1.807) is 0 Å². The smallest absolute Gasteiger partial charge is 0.314 e. The number of hydrogen-bond acceptors (Lipinski definition) is 2. The molecule has 0 N–H and O–H groups in total. The van der Waals surface area contributed by atoms with Crippen LogP contribution in [-0.4, -0.2) is 12.1 Å².